The standard InChI is InChI=1S/C22H25N3O3/c1-24(15-17-14-23-25(16-17)19-9-5-4-6-10-19)21(26)13-12-18-8-7-11-20(27-2)22(18)28-3/h4-11,14,16H,12-13,15H2,1-3H3. The van der Waals surface area contributed by atoms with Crippen LogP contribution in [0.25, 0.3) is 5.69 Å². The van der Waals surface area contributed by atoms with Crippen LogP contribution in [0, 0.1) is 0 Å². The maximum Gasteiger partial charge on any atom is 0.222 e. The van der Waals surface area contributed by atoms with E-state index in [4.69, 9.17) is 9.47 Å². The van der Waals surface area contributed by atoms with Crippen LogP contribution in [0.4, 0.5) is 0 Å². The Morgan fingerprint density at radius 3 is 2.57 bits per heavy atom. The van der Waals surface area contributed by atoms with E-state index in [1.807, 2.05) is 66.5 Å². The third-order valence-corrected chi connectivity index (χ3v) is 4.59. The summed E-state index contributed by atoms with van der Waals surface area (Å²) in [5.41, 5.74) is 2.94. The van der Waals surface area contributed by atoms with Crippen molar-refractivity contribution >= 4 is 5.91 Å². The maximum absolute atomic E-state index is 12.6. The Morgan fingerprint density at radius 1 is 1.07 bits per heavy atom. The summed E-state index contributed by atoms with van der Waals surface area (Å²) in [4.78, 5) is 14.3. The summed E-state index contributed by atoms with van der Waals surface area (Å²) in [7, 11) is 5.03. The van der Waals surface area contributed by atoms with Crippen LogP contribution in [0.5, 0.6) is 11.5 Å². The minimum Gasteiger partial charge on any atom is -0.493 e. The average molecular weight is 379 g/mol. The first-order chi connectivity index (χ1) is 13.6. The van der Waals surface area contributed by atoms with Crippen molar-refractivity contribution in [2.75, 3.05) is 21.3 Å². The van der Waals surface area contributed by atoms with Crippen LogP contribution >= 0.6 is 0 Å². The van der Waals surface area contributed by atoms with Crippen molar-refractivity contribution < 1.29 is 14.3 Å². The van der Waals surface area contributed by atoms with Gasteiger partial charge < -0.3 is 14.4 Å². The number of hydrogen-bond donors (Lipinski definition) is 0. The van der Waals surface area contributed by atoms with Gasteiger partial charge in [0.05, 0.1) is 26.1 Å². The van der Waals surface area contributed by atoms with E-state index >= 15 is 0 Å². The Kier molecular flexibility index (Phi) is 6.32. The van der Waals surface area contributed by atoms with Crippen molar-refractivity contribution in [2.45, 2.75) is 19.4 Å². The molecule has 146 valence electrons. The van der Waals surface area contributed by atoms with Crippen LogP contribution in [-0.4, -0.2) is 41.9 Å². The second-order valence-corrected chi connectivity index (χ2v) is 6.53. The Balaban J connectivity index is 1.59. The highest BCUT2D eigenvalue weighted by Crippen LogP contribution is 2.31. The summed E-state index contributed by atoms with van der Waals surface area (Å²) in [6.45, 7) is 0.515. The number of rotatable bonds is 8. The molecule has 0 N–H and O–H groups in total. The topological polar surface area (TPSA) is 56.6 Å². The third-order valence-electron chi connectivity index (χ3n) is 4.59. The van der Waals surface area contributed by atoms with Crippen LogP contribution in [0.3, 0.4) is 0 Å². The molecule has 2 aromatic carbocycles. The molecule has 28 heavy (non-hydrogen) atoms. The zero-order valence-electron chi connectivity index (χ0n) is 16.5. The molecule has 0 spiro atoms. The fourth-order valence-electron chi connectivity index (χ4n) is 3.11. The average Bonchev–Trinajstić information content (AvgIpc) is 3.20. The second-order valence-electron chi connectivity index (χ2n) is 6.53. The molecule has 1 aromatic heterocycles. The molecule has 0 saturated carbocycles. The van der Waals surface area contributed by atoms with Crippen molar-refractivity contribution in [1.29, 1.82) is 0 Å². The summed E-state index contributed by atoms with van der Waals surface area (Å²) in [6.07, 6.45) is 4.73. The van der Waals surface area contributed by atoms with Gasteiger partial charge in [0.1, 0.15) is 0 Å². The molecule has 0 bridgehead atoms. The number of amides is 1. The third kappa shape index (κ3) is 4.52. The molecule has 0 aliphatic heterocycles. The molecule has 6 heteroatoms. The number of carbonyl (C=O) groups excluding carboxylic acids is 1. The minimum atomic E-state index is 0.0670. The Labute approximate surface area is 165 Å². The zero-order valence-corrected chi connectivity index (χ0v) is 16.5. The first kappa shape index (κ1) is 19.5. The van der Waals surface area contributed by atoms with E-state index in [9.17, 15) is 4.79 Å². The predicted molar refractivity (Wildman–Crippen MR) is 108 cm³/mol. The molecule has 0 atom stereocenters. The molecule has 1 heterocycles. The normalized spacial score (nSPS) is 10.5. The van der Waals surface area contributed by atoms with E-state index in [2.05, 4.69) is 5.10 Å². The van der Waals surface area contributed by atoms with Gasteiger partial charge in [-0.25, -0.2) is 4.68 Å². The van der Waals surface area contributed by atoms with Gasteiger partial charge in [-0.3, -0.25) is 4.79 Å². The molecule has 3 aromatic rings. The molecule has 0 saturated heterocycles. The monoisotopic (exact) mass is 379 g/mol. The van der Waals surface area contributed by atoms with Gasteiger partial charge >= 0.3 is 0 Å². The van der Waals surface area contributed by atoms with Crippen LogP contribution in [0.15, 0.2) is 60.9 Å². The molecule has 0 aliphatic rings. The van der Waals surface area contributed by atoms with Crippen molar-refractivity contribution in [3.63, 3.8) is 0 Å². The fraction of sp³-hybridized carbons (Fsp3) is 0.273. The van der Waals surface area contributed by atoms with Gasteiger partial charge in [-0.1, -0.05) is 30.3 Å². The molecule has 3 rings (SSSR count). The highest BCUT2D eigenvalue weighted by Gasteiger charge is 2.14. The minimum absolute atomic E-state index is 0.0670. The van der Waals surface area contributed by atoms with Crippen molar-refractivity contribution in [2.24, 2.45) is 0 Å². The lowest BCUT2D eigenvalue weighted by Gasteiger charge is -2.17. The quantitative estimate of drug-likeness (QED) is 0.601. The molecular weight excluding hydrogens is 354 g/mol. The molecule has 0 unspecified atom stereocenters. The summed E-state index contributed by atoms with van der Waals surface area (Å²) >= 11 is 0. The lowest BCUT2D eigenvalue weighted by molar-refractivity contribution is -0.130. The van der Waals surface area contributed by atoms with Gasteiger partial charge in [0.2, 0.25) is 5.91 Å². The summed E-state index contributed by atoms with van der Waals surface area (Å²) in [5, 5.41) is 4.38. The van der Waals surface area contributed by atoms with Gasteiger partial charge in [-0.15, -0.1) is 0 Å². The Morgan fingerprint density at radius 2 is 1.86 bits per heavy atom. The van der Waals surface area contributed by atoms with E-state index in [0.717, 1.165) is 16.8 Å². The van der Waals surface area contributed by atoms with Gasteiger partial charge in [0, 0.05) is 31.8 Å². The Hall–Kier alpha value is -3.28. The number of nitrogens with zero attached hydrogens (tertiary/aromatic N) is 3. The molecule has 0 aliphatic carbocycles. The first-order valence-electron chi connectivity index (χ1n) is 9.15. The fourth-order valence-corrected chi connectivity index (χ4v) is 3.11. The molecule has 0 radical (unpaired) electrons. The SMILES string of the molecule is COc1cccc(CCC(=O)N(C)Cc2cnn(-c3ccccc3)c2)c1OC. The second kappa shape index (κ2) is 9.08. The van der Waals surface area contributed by atoms with E-state index in [0.29, 0.717) is 30.9 Å². The smallest absolute Gasteiger partial charge is 0.222 e. The first-order valence-corrected chi connectivity index (χ1v) is 9.15. The van der Waals surface area contributed by atoms with Gasteiger partial charge in [0.15, 0.2) is 11.5 Å². The largest absolute Gasteiger partial charge is 0.493 e. The summed E-state index contributed by atoms with van der Waals surface area (Å²) < 4.78 is 12.6. The number of aryl methyl sites for hydroxylation is 1. The number of carbonyl (C=O) groups is 1. The molecule has 1 amide bonds. The van der Waals surface area contributed by atoms with Gasteiger partial charge in [0.25, 0.3) is 0 Å². The number of benzene rings is 2. The van der Waals surface area contributed by atoms with E-state index in [-0.39, 0.29) is 5.91 Å². The maximum atomic E-state index is 12.6. The van der Waals surface area contributed by atoms with Gasteiger partial charge in [-0.2, -0.15) is 5.10 Å². The number of methoxy groups -OCH3 is 2. The van der Waals surface area contributed by atoms with Crippen LogP contribution in [-0.2, 0) is 17.8 Å². The lowest BCUT2D eigenvalue weighted by Crippen LogP contribution is -2.26. The highest BCUT2D eigenvalue weighted by atomic mass is 16.5. The highest BCUT2D eigenvalue weighted by molar-refractivity contribution is 5.76. The molecular formula is C22H25N3O3. The van der Waals surface area contributed by atoms with Crippen molar-refractivity contribution in [3.8, 4) is 17.2 Å². The zero-order chi connectivity index (χ0) is 19.9. The predicted octanol–water partition coefficient (Wildman–Crippen LogP) is 3.48. The number of para-hydroxylation sites is 2. The van der Waals surface area contributed by atoms with Gasteiger partial charge in [-0.05, 0) is 30.2 Å². The Bertz CT molecular complexity index is 922. The number of aromatic nitrogens is 2. The summed E-state index contributed by atoms with van der Waals surface area (Å²) in [5.74, 6) is 1.43. The molecule has 0 fully saturated rings. The summed E-state index contributed by atoms with van der Waals surface area (Å²) in [6, 6.07) is 15.6. The number of ether oxygens (including phenoxy) is 2. The molecule has 6 nitrogen and oxygen atoms in total. The van der Waals surface area contributed by atoms with Crippen molar-refractivity contribution in [3.05, 3.63) is 72.1 Å². The van der Waals surface area contributed by atoms with Crippen LogP contribution < -0.4 is 9.47 Å². The van der Waals surface area contributed by atoms with E-state index in [1.54, 1.807) is 25.3 Å². The number of hydrogen-bond acceptors (Lipinski definition) is 4. The van der Waals surface area contributed by atoms with Crippen LogP contribution in [0.2, 0.25) is 0 Å². The lowest BCUT2D eigenvalue weighted by atomic mass is 10.1. The van der Waals surface area contributed by atoms with E-state index in [1.165, 1.54) is 0 Å². The van der Waals surface area contributed by atoms with E-state index < -0.39 is 0 Å². The van der Waals surface area contributed by atoms with Crippen LogP contribution in [0.1, 0.15) is 17.5 Å². The van der Waals surface area contributed by atoms with Crippen molar-refractivity contribution in [1.82, 2.24) is 14.7 Å².